The largest absolute Gasteiger partial charge is 0.497 e. The van der Waals surface area contributed by atoms with Crippen LogP contribution in [0.3, 0.4) is 0 Å². The molecule has 2 rings (SSSR count). The molecule has 1 aromatic carbocycles. The van der Waals surface area contributed by atoms with E-state index < -0.39 is 9.84 Å². The lowest BCUT2D eigenvalue weighted by Gasteiger charge is -2.25. The molecule has 1 aromatic rings. The van der Waals surface area contributed by atoms with Crippen molar-refractivity contribution in [2.45, 2.75) is 29.4 Å². The van der Waals surface area contributed by atoms with Crippen LogP contribution in [0.5, 0.6) is 5.75 Å². The van der Waals surface area contributed by atoms with Crippen LogP contribution in [0, 0.1) is 6.07 Å². The van der Waals surface area contributed by atoms with Crippen LogP contribution in [0.2, 0.25) is 0 Å². The van der Waals surface area contributed by atoms with Gasteiger partial charge in [-0.3, -0.25) is 0 Å². The maximum atomic E-state index is 11.9. The Balaban J connectivity index is 2.28. The van der Waals surface area contributed by atoms with Crippen LogP contribution in [0.15, 0.2) is 23.1 Å². The van der Waals surface area contributed by atoms with E-state index in [-0.39, 0.29) is 10.1 Å². The van der Waals surface area contributed by atoms with Crippen LogP contribution in [0.25, 0.3) is 0 Å². The molecule has 1 aliphatic rings. The third-order valence-corrected chi connectivity index (χ3v) is 5.00. The van der Waals surface area contributed by atoms with Crippen molar-refractivity contribution in [2.24, 2.45) is 0 Å². The number of hydrogen-bond donors (Lipinski definition) is 0. The van der Waals surface area contributed by atoms with Gasteiger partial charge in [-0.05, 0) is 31.0 Å². The third kappa shape index (κ3) is 1.86. The molecule has 4 heteroatoms. The van der Waals surface area contributed by atoms with Gasteiger partial charge in [0.25, 0.3) is 0 Å². The topological polar surface area (TPSA) is 43.4 Å². The molecule has 0 bridgehead atoms. The van der Waals surface area contributed by atoms with E-state index in [9.17, 15) is 8.42 Å². The van der Waals surface area contributed by atoms with Gasteiger partial charge in [-0.2, -0.15) is 0 Å². The Hall–Kier alpha value is -1.03. The van der Waals surface area contributed by atoms with Crippen molar-refractivity contribution in [1.29, 1.82) is 0 Å². The van der Waals surface area contributed by atoms with Crippen molar-refractivity contribution < 1.29 is 13.2 Å². The molecule has 1 fully saturated rings. The fourth-order valence-electron chi connectivity index (χ4n) is 1.56. The van der Waals surface area contributed by atoms with E-state index in [2.05, 4.69) is 6.07 Å². The highest BCUT2D eigenvalue weighted by molar-refractivity contribution is 7.92. The summed E-state index contributed by atoms with van der Waals surface area (Å²) in [6.45, 7) is 0. The third-order valence-electron chi connectivity index (χ3n) is 2.79. The van der Waals surface area contributed by atoms with Gasteiger partial charge in [-0.25, -0.2) is 8.42 Å². The quantitative estimate of drug-likeness (QED) is 0.788. The summed E-state index contributed by atoms with van der Waals surface area (Å²) >= 11 is 0. The fourth-order valence-corrected chi connectivity index (χ4v) is 3.35. The van der Waals surface area contributed by atoms with Gasteiger partial charge in [-0.1, -0.05) is 6.42 Å². The maximum Gasteiger partial charge on any atom is 0.181 e. The molecule has 0 unspecified atom stereocenters. The number of ether oxygens (including phenoxy) is 1. The molecule has 0 N–H and O–H groups in total. The first-order valence-corrected chi connectivity index (χ1v) is 6.49. The van der Waals surface area contributed by atoms with Crippen LogP contribution in [0.4, 0.5) is 0 Å². The molecule has 1 radical (unpaired) electrons. The number of hydrogen-bond acceptors (Lipinski definition) is 3. The number of benzene rings is 1. The predicted molar refractivity (Wildman–Crippen MR) is 56.7 cm³/mol. The van der Waals surface area contributed by atoms with E-state index in [1.54, 1.807) is 25.3 Å². The lowest BCUT2D eigenvalue weighted by Crippen LogP contribution is -2.28. The Morgan fingerprint density at radius 3 is 2.53 bits per heavy atom. The van der Waals surface area contributed by atoms with Crippen molar-refractivity contribution in [3.05, 3.63) is 24.3 Å². The molecule has 0 aliphatic heterocycles. The molecule has 81 valence electrons. The zero-order valence-electron chi connectivity index (χ0n) is 8.56. The van der Waals surface area contributed by atoms with Crippen LogP contribution in [-0.4, -0.2) is 20.8 Å². The van der Waals surface area contributed by atoms with Crippen LogP contribution < -0.4 is 4.74 Å². The van der Waals surface area contributed by atoms with Crippen molar-refractivity contribution in [3.8, 4) is 5.75 Å². The zero-order valence-corrected chi connectivity index (χ0v) is 9.38. The molecular weight excluding hydrogens is 212 g/mol. The molecule has 3 nitrogen and oxygen atoms in total. The van der Waals surface area contributed by atoms with E-state index in [1.807, 2.05) is 0 Å². The Bertz CT molecular complexity index is 429. The number of sulfone groups is 1. The Kier molecular flexibility index (Phi) is 2.69. The SMILES string of the molecule is COc1c[c]c(S(=O)(=O)C2CCC2)cc1. The first-order chi connectivity index (χ1) is 7.14. The van der Waals surface area contributed by atoms with E-state index in [4.69, 9.17) is 4.74 Å². The zero-order chi connectivity index (χ0) is 10.9. The van der Waals surface area contributed by atoms with Crippen molar-refractivity contribution >= 4 is 9.84 Å². The minimum absolute atomic E-state index is 0.192. The van der Waals surface area contributed by atoms with Gasteiger partial charge in [0.1, 0.15) is 5.75 Å². The molecule has 15 heavy (non-hydrogen) atoms. The summed E-state index contributed by atoms with van der Waals surface area (Å²) in [5.74, 6) is 0.627. The molecule has 0 atom stereocenters. The molecular formula is C11H13O3S. The average Bonchev–Trinajstić information content (AvgIpc) is 2.14. The van der Waals surface area contributed by atoms with Crippen molar-refractivity contribution in [3.63, 3.8) is 0 Å². The Labute approximate surface area is 90.0 Å². The Morgan fingerprint density at radius 2 is 2.13 bits per heavy atom. The monoisotopic (exact) mass is 225 g/mol. The summed E-state index contributed by atoms with van der Waals surface area (Å²) in [6.07, 6.45) is 2.57. The average molecular weight is 225 g/mol. The second kappa shape index (κ2) is 3.85. The van der Waals surface area contributed by atoms with Gasteiger partial charge in [0.2, 0.25) is 0 Å². The second-order valence-corrected chi connectivity index (χ2v) is 5.89. The van der Waals surface area contributed by atoms with Gasteiger partial charge >= 0.3 is 0 Å². The number of methoxy groups -OCH3 is 1. The summed E-state index contributed by atoms with van der Waals surface area (Å²) in [6, 6.07) is 7.54. The van der Waals surface area contributed by atoms with Crippen LogP contribution in [-0.2, 0) is 9.84 Å². The van der Waals surface area contributed by atoms with Crippen molar-refractivity contribution in [2.75, 3.05) is 7.11 Å². The van der Waals surface area contributed by atoms with Gasteiger partial charge in [0.15, 0.2) is 9.84 Å². The highest BCUT2D eigenvalue weighted by Crippen LogP contribution is 2.31. The smallest absolute Gasteiger partial charge is 0.181 e. The summed E-state index contributed by atoms with van der Waals surface area (Å²) in [4.78, 5) is 0.285. The highest BCUT2D eigenvalue weighted by Gasteiger charge is 2.32. The van der Waals surface area contributed by atoms with E-state index >= 15 is 0 Å². The first kappa shape index (κ1) is 10.5. The molecule has 0 saturated heterocycles. The van der Waals surface area contributed by atoms with Gasteiger partial charge in [0, 0.05) is 6.07 Å². The second-order valence-electron chi connectivity index (χ2n) is 3.69. The van der Waals surface area contributed by atoms with Gasteiger partial charge in [-0.15, -0.1) is 0 Å². The van der Waals surface area contributed by atoms with Gasteiger partial charge in [0.05, 0.1) is 17.3 Å². The standard InChI is InChI=1S/C11H13O3S/c1-14-9-5-7-11(8-6-9)15(12,13)10-3-2-4-10/h5-7,10H,2-4H2,1H3. The summed E-state index contributed by atoms with van der Waals surface area (Å²) < 4.78 is 28.8. The molecule has 1 aliphatic carbocycles. The summed E-state index contributed by atoms with van der Waals surface area (Å²) in [7, 11) is -1.59. The molecule has 0 amide bonds. The molecule has 0 spiro atoms. The Morgan fingerprint density at radius 1 is 1.40 bits per heavy atom. The van der Waals surface area contributed by atoms with E-state index in [1.165, 1.54) is 0 Å². The highest BCUT2D eigenvalue weighted by atomic mass is 32.2. The first-order valence-electron chi connectivity index (χ1n) is 4.94. The maximum absolute atomic E-state index is 11.9. The molecule has 0 heterocycles. The van der Waals surface area contributed by atoms with Crippen molar-refractivity contribution in [1.82, 2.24) is 0 Å². The van der Waals surface area contributed by atoms with Crippen LogP contribution >= 0.6 is 0 Å². The van der Waals surface area contributed by atoms with Crippen LogP contribution in [0.1, 0.15) is 19.3 Å². The lowest BCUT2D eigenvalue weighted by atomic mass is 10.00. The van der Waals surface area contributed by atoms with Gasteiger partial charge < -0.3 is 4.74 Å². The molecule has 0 aromatic heterocycles. The minimum atomic E-state index is -3.14. The van der Waals surface area contributed by atoms with E-state index in [0.29, 0.717) is 5.75 Å². The fraction of sp³-hybridized carbons (Fsp3) is 0.455. The predicted octanol–water partition coefficient (Wildman–Crippen LogP) is 1.82. The summed E-state index contributed by atoms with van der Waals surface area (Å²) in [5.41, 5.74) is 0. The lowest BCUT2D eigenvalue weighted by molar-refractivity contribution is 0.414. The van der Waals surface area contributed by atoms with E-state index in [0.717, 1.165) is 19.3 Å². The molecule has 1 saturated carbocycles. The minimum Gasteiger partial charge on any atom is -0.497 e. The normalized spacial score (nSPS) is 17.1. The summed E-state index contributed by atoms with van der Waals surface area (Å²) in [5, 5.41) is -0.192. The number of rotatable bonds is 3.